The maximum absolute atomic E-state index is 12.8. The van der Waals surface area contributed by atoms with E-state index in [4.69, 9.17) is 19.5 Å². The van der Waals surface area contributed by atoms with Gasteiger partial charge < -0.3 is 14.1 Å². The molecule has 2 N–H and O–H groups in total. The average Bonchev–Trinajstić information content (AvgIpc) is 3.65. The van der Waals surface area contributed by atoms with Crippen LogP contribution in [-0.4, -0.2) is 52.3 Å². The molecule has 4 aromatic heterocycles. The normalized spacial score (nSPS) is 14.9. The van der Waals surface area contributed by atoms with Crippen molar-refractivity contribution in [3.05, 3.63) is 84.6 Å². The van der Waals surface area contributed by atoms with Crippen molar-refractivity contribution in [2.45, 2.75) is 83.7 Å². The highest BCUT2D eigenvalue weighted by Crippen LogP contribution is 2.37. The molecule has 2 atom stereocenters. The highest BCUT2D eigenvalue weighted by Gasteiger charge is 2.38. The smallest absolute Gasteiger partial charge is 0.197 e. The van der Waals surface area contributed by atoms with Crippen LogP contribution < -0.4 is 4.72 Å². The van der Waals surface area contributed by atoms with Gasteiger partial charge in [0.2, 0.25) is 0 Å². The molecule has 10 nitrogen and oxygen atoms in total. The number of hydrogen-bond acceptors (Lipinski definition) is 8. The highest BCUT2D eigenvalue weighted by molar-refractivity contribution is 7.90. The second-order valence-corrected chi connectivity index (χ2v) is 20.7. The molecule has 45 heavy (non-hydrogen) atoms. The van der Waals surface area contributed by atoms with Crippen molar-refractivity contribution >= 4 is 30.6 Å². The zero-order valence-corrected chi connectivity index (χ0v) is 29.3. The summed E-state index contributed by atoms with van der Waals surface area (Å²) < 4.78 is 25.1. The van der Waals surface area contributed by atoms with Crippen LogP contribution >= 0.6 is 0 Å². The van der Waals surface area contributed by atoms with E-state index in [1.807, 2.05) is 86.4 Å². The Labute approximate surface area is 269 Å². The lowest BCUT2D eigenvalue weighted by molar-refractivity contribution is 0.0401. The van der Waals surface area contributed by atoms with E-state index in [1.54, 1.807) is 23.9 Å². The lowest BCUT2D eigenvalue weighted by atomic mass is 10.1. The van der Waals surface area contributed by atoms with Gasteiger partial charge in [0, 0.05) is 34.7 Å². The van der Waals surface area contributed by atoms with E-state index < -0.39 is 30.2 Å². The first-order valence-electron chi connectivity index (χ1n) is 15.0. The Kier molecular flexibility index (Phi) is 8.86. The molecular formula is C33H43N7O3SSi. The van der Waals surface area contributed by atoms with Crippen LogP contribution in [0.1, 0.15) is 59.9 Å². The molecule has 1 aromatic carbocycles. The molecule has 4 heterocycles. The minimum Gasteiger partial charge on any atom is -0.598 e. The summed E-state index contributed by atoms with van der Waals surface area (Å²) in [6, 6.07) is 17.2. The van der Waals surface area contributed by atoms with Crippen LogP contribution in [0.25, 0.3) is 33.7 Å². The van der Waals surface area contributed by atoms with Crippen molar-refractivity contribution in [1.29, 1.82) is 0 Å². The summed E-state index contributed by atoms with van der Waals surface area (Å²) >= 11 is -1.51. The van der Waals surface area contributed by atoms with Gasteiger partial charge >= 0.3 is 0 Å². The summed E-state index contributed by atoms with van der Waals surface area (Å²) in [6.07, 6.45) is 5.43. The predicted molar refractivity (Wildman–Crippen MR) is 182 cm³/mol. The third-order valence-corrected chi connectivity index (χ3v) is 14.4. The second-order valence-electron chi connectivity index (χ2n) is 13.9. The molecule has 238 valence electrons. The standard InChI is InChI=1S/C33H43N7O3SSi/c1-31(2,3)44(42)38-33(7,41)29-15-11-14-26(37-29)23-19-27(39-18-12-17-34-39)25-21-35-40(28(25)20-23)30-16-10-13-24(36-30)22-43-45(8,9)32(4,5)6/h10-21,38,41H,22H2,1-9H3/t33-,44?/m0/s1. The van der Waals surface area contributed by atoms with Crippen LogP contribution in [0.2, 0.25) is 18.1 Å². The van der Waals surface area contributed by atoms with Gasteiger partial charge in [-0.15, -0.1) is 4.72 Å². The van der Waals surface area contributed by atoms with Gasteiger partial charge in [-0.1, -0.05) is 32.9 Å². The number of nitrogens with zero attached hydrogens (tertiary/aromatic N) is 6. The third kappa shape index (κ3) is 7.06. The maximum atomic E-state index is 12.8. The van der Waals surface area contributed by atoms with Crippen molar-refractivity contribution in [3.63, 3.8) is 0 Å². The van der Waals surface area contributed by atoms with E-state index in [1.165, 1.54) is 0 Å². The van der Waals surface area contributed by atoms with Gasteiger partial charge in [-0.05, 0) is 88.3 Å². The van der Waals surface area contributed by atoms with Crippen LogP contribution in [0.4, 0.5) is 0 Å². The van der Waals surface area contributed by atoms with Crippen LogP contribution in [0.15, 0.2) is 73.2 Å². The minimum atomic E-state index is -1.95. The molecule has 0 aliphatic carbocycles. The van der Waals surface area contributed by atoms with Crippen molar-refractivity contribution in [1.82, 2.24) is 34.3 Å². The summed E-state index contributed by atoms with van der Waals surface area (Å²) in [5.41, 5.74) is 2.62. The van der Waals surface area contributed by atoms with Gasteiger partial charge in [0.1, 0.15) is 4.75 Å². The summed E-state index contributed by atoms with van der Waals surface area (Å²) in [4.78, 5) is 9.74. The average molecular weight is 646 g/mol. The Bertz CT molecular complexity index is 1790. The first-order chi connectivity index (χ1) is 21.0. The molecule has 5 aromatic rings. The van der Waals surface area contributed by atoms with E-state index in [2.05, 4.69) is 43.7 Å². The molecule has 0 saturated heterocycles. The molecule has 12 heteroatoms. The number of benzene rings is 1. The molecule has 0 amide bonds. The number of fused-ring (bicyclic) bond motifs is 1. The van der Waals surface area contributed by atoms with Crippen LogP contribution in [0, 0.1) is 0 Å². The molecule has 0 radical (unpaired) electrons. The zero-order valence-electron chi connectivity index (χ0n) is 27.5. The van der Waals surface area contributed by atoms with Gasteiger partial charge in [0.15, 0.2) is 19.9 Å². The highest BCUT2D eigenvalue weighted by atomic mass is 32.2. The molecule has 5 rings (SSSR count). The zero-order chi connectivity index (χ0) is 32.8. The van der Waals surface area contributed by atoms with E-state index in [-0.39, 0.29) is 5.04 Å². The predicted octanol–water partition coefficient (Wildman–Crippen LogP) is 6.41. The molecular weight excluding hydrogens is 603 g/mol. The Balaban J connectivity index is 1.57. The molecule has 0 bridgehead atoms. The van der Waals surface area contributed by atoms with Gasteiger partial charge in [-0.3, -0.25) is 0 Å². The maximum Gasteiger partial charge on any atom is 0.197 e. The van der Waals surface area contributed by atoms with Gasteiger partial charge in [-0.2, -0.15) is 10.2 Å². The lowest BCUT2D eigenvalue weighted by Crippen LogP contribution is -2.50. The Morgan fingerprint density at radius 3 is 2.36 bits per heavy atom. The lowest BCUT2D eigenvalue weighted by Gasteiger charge is -2.36. The summed E-state index contributed by atoms with van der Waals surface area (Å²) in [5, 5.41) is 21.5. The first kappa shape index (κ1) is 33.0. The van der Waals surface area contributed by atoms with Crippen molar-refractivity contribution in [2.24, 2.45) is 0 Å². The van der Waals surface area contributed by atoms with E-state index in [9.17, 15) is 9.66 Å². The quantitative estimate of drug-likeness (QED) is 0.107. The molecule has 0 spiro atoms. The van der Waals surface area contributed by atoms with E-state index in [0.717, 1.165) is 27.8 Å². The Morgan fingerprint density at radius 1 is 0.956 bits per heavy atom. The fraction of sp³-hybridized carbons (Fsp3) is 0.394. The summed E-state index contributed by atoms with van der Waals surface area (Å²) in [6.45, 7) is 18.7. The van der Waals surface area contributed by atoms with Crippen LogP contribution in [-0.2, 0) is 28.1 Å². The van der Waals surface area contributed by atoms with E-state index >= 15 is 0 Å². The number of aliphatic hydroxyl groups is 1. The SMILES string of the molecule is CC(C)(C)[S+]([O-])N[C@@](C)(O)c1cccc(-c2cc(-n3cccn3)c3cnn(-c4cccc(CO[Si](C)(C)C(C)(C)C)n4)c3c2)n1. The summed E-state index contributed by atoms with van der Waals surface area (Å²) in [7, 11) is -1.95. The molecule has 0 saturated carbocycles. The molecule has 0 fully saturated rings. The largest absolute Gasteiger partial charge is 0.598 e. The number of aromatic nitrogens is 6. The van der Waals surface area contributed by atoms with E-state index in [0.29, 0.717) is 23.8 Å². The number of nitrogens with one attached hydrogen (secondary N) is 1. The second kappa shape index (κ2) is 12.1. The van der Waals surface area contributed by atoms with Crippen LogP contribution in [0.5, 0.6) is 0 Å². The van der Waals surface area contributed by atoms with Crippen molar-refractivity contribution in [3.8, 4) is 22.8 Å². The first-order valence-corrected chi connectivity index (χ1v) is 19.0. The van der Waals surface area contributed by atoms with Crippen molar-refractivity contribution in [2.75, 3.05) is 0 Å². The monoisotopic (exact) mass is 645 g/mol. The fourth-order valence-electron chi connectivity index (χ4n) is 4.43. The van der Waals surface area contributed by atoms with Gasteiger partial charge in [-0.25, -0.2) is 19.3 Å². The Hall–Kier alpha value is -3.39. The number of pyridine rings is 2. The molecule has 1 unspecified atom stereocenters. The van der Waals surface area contributed by atoms with Gasteiger partial charge in [0.05, 0.1) is 41.1 Å². The van der Waals surface area contributed by atoms with Gasteiger partial charge in [0.25, 0.3) is 0 Å². The summed E-state index contributed by atoms with van der Waals surface area (Å²) in [5.74, 6) is 0.670. The number of hydrogen-bond donors (Lipinski definition) is 2. The number of rotatable bonds is 9. The Morgan fingerprint density at radius 2 is 1.69 bits per heavy atom. The molecule has 0 aliphatic rings. The molecule has 0 aliphatic heterocycles. The van der Waals surface area contributed by atoms with Crippen molar-refractivity contribution < 1.29 is 14.1 Å². The topological polar surface area (TPSA) is 126 Å². The van der Waals surface area contributed by atoms with Crippen LogP contribution in [0.3, 0.4) is 0 Å². The third-order valence-electron chi connectivity index (χ3n) is 8.21. The minimum absolute atomic E-state index is 0.0979. The fourth-order valence-corrected chi connectivity index (χ4v) is 6.14.